The summed E-state index contributed by atoms with van der Waals surface area (Å²) in [5.74, 6) is -0.243. The Balaban J connectivity index is 2.26. The van der Waals surface area contributed by atoms with E-state index in [1.54, 1.807) is 39.0 Å². The predicted octanol–water partition coefficient (Wildman–Crippen LogP) is 2.06. The number of nitrogens with zero attached hydrogens (tertiary/aromatic N) is 2. The van der Waals surface area contributed by atoms with E-state index in [0.717, 1.165) is 5.69 Å². The number of aromatic nitrogens is 2. The van der Waals surface area contributed by atoms with E-state index < -0.39 is 11.7 Å². The number of amides is 1. The van der Waals surface area contributed by atoms with Gasteiger partial charge in [-0.3, -0.25) is 9.36 Å². The van der Waals surface area contributed by atoms with Gasteiger partial charge in [-0.05, 0) is 39.0 Å². The molecule has 1 aromatic heterocycles. The minimum Gasteiger partial charge on any atom is -0.324 e. The molecule has 2 aromatic rings. The Morgan fingerprint density at radius 1 is 1.25 bits per heavy atom. The molecule has 20 heavy (non-hydrogen) atoms. The van der Waals surface area contributed by atoms with E-state index in [2.05, 4.69) is 10.3 Å². The zero-order chi connectivity index (χ0) is 14.7. The molecule has 0 saturated carbocycles. The molecule has 104 valence electrons. The summed E-state index contributed by atoms with van der Waals surface area (Å²) < 4.78 is 1.39. The summed E-state index contributed by atoms with van der Waals surface area (Å²) in [6.45, 7) is 5.24. The normalized spacial score (nSPS) is 11.9. The lowest BCUT2D eigenvalue weighted by molar-refractivity contribution is -0.118. The maximum atomic E-state index is 12.2. The molecule has 0 spiro atoms. The molecular formula is C15H17N3O2. The number of hydrogen-bond donors (Lipinski definition) is 1. The van der Waals surface area contributed by atoms with Gasteiger partial charge in [-0.25, -0.2) is 4.79 Å². The van der Waals surface area contributed by atoms with E-state index in [1.165, 1.54) is 4.57 Å². The molecule has 0 fully saturated rings. The van der Waals surface area contributed by atoms with Crippen LogP contribution in [0.5, 0.6) is 0 Å². The van der Waals surface area contributed by atoms with Crippen LogP contribution in [0, 0.1) is 13.8 Å². The molecule has 1 N–H and O–H groups in total. The first-order valence-electron chi connectivity index (χ1n) is 6.41. The first kappa shape index (κ1) is 14.0. The lowest BCUT2D eigenvalue weighted by Crippen LogP contribution is -2.34. The Bertz CT molecular complexity index is 677. The smallest absolute Gasteiger partial charge is 0.324 e. The predicted molar refractivity (Wildman–Crippen MR) is 77.8 cm³/mol. The SMILES string of the molecule is Cc1cc(C)n([C@@H](C)C(=O)Nc2ccccc2)c(=O)n1. The fourth-order valence-corrected chi connectivity index (χ4v) is 2.12. The molecule has 0 bridgehead atoms. The van der Waals surface area contributed by atoms with Gasteiger partial charge in [0.25, 0.3) is 0 Å². The molecule has 0 aliphatic rings. The van der Waals surface area contributed by atoms with Gasteiger partial charge in [-0.15, -0.1) is 0 Å². The van der Waals surface area contributed by atoms with Crippen molar-refractivity contribution in [3.63, 3.8) is 0 Å². The molecule has 5 heteroatoms. The van der Waals surface area contributed by atoms with Crippen LogP contribution in [0.2, 0.25) is 0 Å². The maximum absolute atomic E-state index is 12.2. The molecule has 0 aliphatic heterocycles. The van der Waals surface area contributed by atoms with E-state index >= 15 is 0 Å². The van der Waals surface area contributed by atoms with Crippen molar-refractivity contribution < 1.29 is 4.79 Å². The summed E-state index contributed by atoms with van der Waals surface area (Å²) in [6.07, 6.45) is 0. The molecule has 0 radical (unpaired) electrons. The zero-order valence-electron chi connectivity index (χ0n) is 11.8. The third-order valence-corrected chi connectivity index (χ3v) is 3.08. The molecule has 0 unspecified atom stereocenters. The molecule has 0 saturated heterocycles. The van der Waals surface area contributed by atoms with Crippen molar-refractivity contribution in [1.29, 1.82) is 0 Å². The average Bonchev–Trinajstić information content (AvgIpc) is 2.38. The highest BCUT2D eigenvalue weighted by Gasteiger charge is 2.18. The number of benzene rings is 1. The Kier molecular flexibility index (Phi) is 3.98. The summed E-state index contributed by atoms with van der Waals surface area (Å²) in [4.78, 5) is 28.0. The van der Waals surface area contributed by atoms with Crippen molar-refractivity contribution in [2.75, 3.05) is 5.32 Å². The van der Waals surface area contributed by atoms with Gasteiger partial charge in [0.2, 0.25) is 5.91 Å². The Labute approximate surface area is 117 Å². The van der Waals surface area contributed by atoms with Crippen LogP contribution in [-0.4, -0.2) is 15.5 Å². The first-order chi connectivity index (χ1) is 9.49. The maximum Gasteiger partial charge on any atom is 0.348 e. The van der Waals surface area contributed by atoms with Gasteiger partial charge >= 0.3 is 5.69 Å². The molecule has 1 heterocycles. The van der Waals surface area contributed by atoms with Gasteiger partial charge in [0, 0.05) is 17.1 Å². The highest BCUT2D eigenvalue weighted by molar-refractivity contribution is 5.93. The average molecular weight is 271 g/mol. The number of carbonyl (C=O) groups is 1. The van der Waals surface area contributed by atoms with Crippen LogP contribution in [0.15, 0.2) is 41.2 Å². The van der Waals surface area contributed by atoms with E-state index in [-0.39, 0.29) is 5.91 Å². The largest absolute Gasteiger partial charge is 0.348 e. The molecule has 1 amide bonds. The van der Waals surface area contributed by atoms with Crippen LogP contribution in [0.25, 0.3) is 0 Å². The highest BCUT2D eigenvalue weighted by atomic mass is 16.2. The van der Waals surface area contributed by atoms with Gasteiger partial charge in [0.15, 0.2) is 0 Å². The van der Waals surface area contributed by atoms with Crippen LogP contribution in [0.1, 0.15) is 24.4 Å². The third-order valence-electron chi connectivity index (χ3n) is 3.08. The van der Waals surface area contributed by atoms with Crippen LogP contribution >= 0.6 is 0 Å². The number of carbonyl (C=O) groups excluding carboxylic acids is 1. The van der Waals surface area contributed by atoms with Crippen LogP contribution < -0.4 is 11.0 Å². The van der Waals surface area contributed by atoms with Crippen molar-refractivity contribution >= 4 is 11.6 Å². The standard InChI is InChI=1S/C15H17N3O2/c1-10-9-11(2)18(15(20)16-10)12(3)14(19)17-13-7-5-4-6-8-13/h4-9,12H,1-3H3,(H,17,19)/t12-/m0/s1. The Morgan fingerprint density at radius 2 is 1.90 bits per heavy atom. The van der Waals surface area contributed by atoms with Crippen molar-refractivity contribution in [3.05, 3.63) is 58.3 Å². The van der Waals surface area contributed by atoms with Crippen LogP contribution in [-0.2, 0) is 4.79 Å². The van der Waals surface area contributed by atoms with Crippen molar-refractivity contribution in [2.24, 2.45) is 0 Å². The van der Waals surface area contributed by atoms with Crippen LogP contribution in [0.3, 0.4) is 0 Å². The van der Waals surface area contributed by atoms with Crippen molar-refractivity contribution in [3.8, 4) is 0 Å². The van der Waals surface area contributed by atoms with Crippen molar-refractivity contribution in [2.45, 2.75) is 26.8 Å². The lowest BCUT2D eigenvalue weighted by Gasteiger charge is -2.17. The minimum atomic E-state index is -0.615. The second-order valence-electron chi connectivity index (χ2n) is 4.72. The first-order valence-corrected chi connectivity index (χ1v) is 6.41. The Morgan fingerprint density at radius 3 is 2.50 bits per heavy atom. The third kappa shape index (κ3) is 2.93. The fourth-order valence-electron chi connectivity index (χ4n) is 2.12. The number of anilines is 1. The summed E-state index contributed by atoms with van der Waals surface area (Å²) in [6, 6.07) is 10.3. The summed E-state index contributed by atoms with van der Waals surface area (Å²) in [5, 5.41) is 2.78. The summed E-state index contributed by atoms with van der Waals surface area (Å²) >= 11 is 0. The molecule has 2 rings (SSSR count). The number of rotatable bonds is 3. The summed E-state index contributed by atoms with van der Waals surface area (Å²) in [5.41, 5.74) is 1.67. The van der Waals surface area contributed by atoms with E-state index in [1.807, 2.05) is 18.2 Å². The minimum absolute atomic E-state index is 0.243. The summed E-state index contributed by atoms with van der Waals surface area (Å²) in [7, 11) is 0. The van der Waals surface area contributed by atoms with Crippen molar-refractivity contribution in [1.82, 2.24) is 9.55 Å². The quantitative estimate of drug-likeness (QED) is 0.929. The number of hydrogen-bond acceptors (Lipinski definition) is 3. The van der Waals surface area contributed by atoms with E-state index in [0.29, 0.717) is 11.4 Å². The molecule has 1 aromatic carbocycles. The monoisotopic (exact) mass is 271 g/mol. The number of aryl methyl sites for hydroxylation is 2. The van der Waals surface area contributed by atoms with E-state index in [4.69, 9.17) is 0 Å². The van der Waals surface area contributed by atoms with Gasteiger partial charge in [-0.1, -0.05) is 18.2 Å². The van der Waals surface area contributed by atoms with Gasteiger partial charge in [0.1, 0.15) is 6.04 Å². The lowest BCUT2D eigenvalue weighted by atomic mass is 10.2. The highest BCUT2D eigenvalue weighted by Crippen LogP contribution is 2.12. The molecule has 5 nitrogen and oxygen atoms in total. The number of para-hydroxylation sites is 1. The second-order valence-corrected chi connectivity index (χ2v) is 4.72. The van der Waals surface area contributed by atoms with Gasteiger partial charge in [0.05, 0.1) is 0 Å². The molecule has 1 atom stereocenters. The molecular weight excluding hydrogens is 254 g/mol. The van der Waals surface area contributed by atoms with E-state index in [9.17, 15) is 9.59 Å². The van der Waals surface area contributed by atoms with Gasteiger partial charge < -0.3 is 5.32 Å². The van der Waals surface area contributed by atoms with Crippen LogP contribution in [0.4, 0.5) is 5.69 Å². The molecule has 0 aliphatic carbocycles. The topological polar surface area (TPSA) is 64.0 Å². The second kappa shape index (κ2) is 5.69. The Hall–Kier alpha value is -2.43. The zero-order valence-corrected chi connectivity index (χ0v) is 11.8. The van der Waals surface area contributed by atoms with Gasteiger partial charge in [-0.2, -0.15) is 4.98 Å². The fraction of sp³-hybridized carbons (Fsp3) is 0.267. The number of nitrogens with one attached hydrogen (secondary N) is 1.